The van der Waals surface area contributed by atoms with Crippen LogP contribution in [-0.4, -0.2) is 18.7 Å². The normalized spacial score (nSPS) is 16.5. The Kier molecular flexibility index (Phi) is 3.86. The number of aromatic nitrogens is 1. The van der Waals surface area contributed by atoms with Crippen LogP contribution in [0.5, 0.6) is 11.5 Å². The number of ether oxygens (including phenoxy) is 2. The minimum absolute atomic E-state index is 0.0533. The highest BCUT2D eigenvalue weighted by atomic mass is 35.5. The van der Waals surface area contributed by atoms with Crippen LogP contribution in [0.2, 0.25) is 4.34 Å². The number of hydrogen-bond acceptors (Lipinski definition) is 6. The largest absolute Gasteiger partial charge is 0.493 e. The molecule has 7 heteroatoms. The molecule has 0 fully saturated rings. The molecule has 1 unspecified atom stereocenters. The highest BCUT2D eigenvalue weighted by molar-refractivity contribution is 7.19. The monoisotopic (exact) mass is 321 g/mol. The first-order valence-corrected chi connectivity index (χ1v) is 7.55. The van der Waals surface area contributed by atoms with Gasteiger partial charge in [0.25, 0.3) is 0 Å². The summed E-state index contributed by atoms with van der Waals surface area (Å²) in [4.78, 5) is 4.18. The minimum Gasteiger partial charge on any atom is -0.493 e. The van der Waals surface area contributed by atoms with Crippen LogP contribution in [-0.2, 0) is 0 Å². The maximum absolute atomic E-state index is 8.91. The zero-order chi connectivity index (χ0) is 14.8. The molecule has 21 heavy (non-hydrogen) atoms. The molecule has 0 bridgehead atoms. The predicted octanol–water partition coefficient (Wildman–Crippen LogP) is 3.61. The maximum Gasteiger partial charge on any atom is 0.185 e. The van der Waals surface area contributed by atoms with Gasteiger partial charge >= 0.3 is 0 Å². The number of rotatable bonds is 3. The fourth-order valence-corrected chi connectivity index (χ4v) is 3.29. The summed E-state index contributed by atoms with van der Waals surface area (Å²) in [6.07, 6.45) is 0.805. The van der Waals surface area contributed by atoms with E-state index in [1.54, 1.807) is 7.11 Å². The number of thiazole rings is 1. The first-order valence-electron chi connectivity index (χ1n) is 6.35. The molecular formula is C14H12ClN3O2S. The van der Waals surface area contributed by atoms with Crippen LogP contribution < -0.4 is 14.8 Å². The molecule has 1 aromatic carbocycles. The average Bonchev–Trinajstić information content (AvgIpc) is 2.86. The Hall–Kier alpha value is -1.97. The molecule has 1 atom stereocenters. The van der Waals surface area contributed by atoms with Crippen molar-refractivity contribution in [3.05, 3.63) is 33.8 Å². The molecule has 2 aromatic rings. The lowest BCUT2D eigenvalue weighted by atomic mass is 10.0. The SMILES string of the molecule is COc1cccc2c1OCCC2Nc1nc(C#N)c(Cl)s1. The van der Waals surface area contributed by atoms with E-state index in [-0.39, 0.29) is 11.7 Å². The third kappa shape index (κ3) is 2.62. The van der Waals surface area contributed by atoms with E-state index in [4.69, 9.17) is 26.3 Å². The lowest BCUT2D eigenvalue weighted by Gasteiger charge is -2.27. The smallest absolute Gasteiger partial charge is 0.185 e. The van der Waals surface area contributed by atoms with Gasteiger partial charge < -0.3 is 14.8 Å². The van der Waals surface area contributed by atoms with E-state index in [2.05, 4.69) is 10.3 Å². The van der Waals surface area contributed by atoms with Crippen LogP contribution in [0.25, 0.3) is 0 Å². The first-order chi connectivity index (χ1) is 10.2. The van der Waals surface area contributed by atoms with Crippen LogP contribution >= 0.6 is 22.9 Å². The van der Waals surface area contributed by atoms with E-state index in [0.717, 1.165) is 17.7 Å². The van der Waals surface area contributed by atoms with Gasteiger partial charge in [-0.1, -0.05) is 35.1 Å². The van der Waals surface area contributed by atoms with Crippen molar-refractivity contribution < 1.29 is 9.47 Å². The highest BCUT2D eigenvalue weighted by Crippen LogP contribution is 2.41. The van der Waals surface area contributed by atoms with Crippen LogP contribution in [0.15, 0.2) is 18.2 Å². The van der Waals surface area contributed by atoms with Crippen LogP contribution in [0.1, 0.15) is 23.7 Å². The van der Waals surface area contributed by atoms with E-state index in [0.29, 0.717) is 21.8 Å². The van der Waals surface area contributed by atoms with Crippen molar-refractivity contribution in [3.63, 3.8) is 0 Å². The number of anilines is 1. The number of nitrogens with zero attached hydrogens (tertiary/aromatic N) is 2. The molecule has 0 radical (unpaired) electrons. The molecule has 1 aliphatic rings. The molecule has 2 heterocycles. The number of hydrogen-bond donors (Lipinski definition) is 1. The van der Waals surface area contributed by atoms with Crippen molar-refractivity contribution in [2.24, 2.45) is 0 Å². The van der Waals surface area contributed by atoms with Crippen molar-refractivity contribution in [1.82, 2.24) is 4.98 Å². The van der Waals surface area contributed by atoms with Crippen molar-refractivity contribution in [3.8, 4) is 17.6 Å². The number of para-hydroxylation sites is 1. The second-order valence-corrected chi connectivity index (χ2v) is 6.07. The molecule has 108 valence electrons. The van der Waals surface area contributed by atoms with Gasteiger partial charge in [0.15, 0.2) is 22.3 Å². The second-order valence-electron chi connectivity index (χ2n) is 4.47. The summed E-state index contributed by atoms with van der Waals surface area (Å²) in [6, 6.07) is 7.82. The van der Waals surface area contributed by atoms with Crippen molar-refractivity contribution >= 4 is 28.1 Å². The van der Waals surface area contributed by atoms with Crippen LogP contribution in [0, 0.1) is 11.3 Å². The Bertz CT molecular complexity index is 711. The number of nitriles is 1. The summed E-state index contributed by atoms with van der Waals surface area (Å²) in [6.45, 7) is 0.593. The fraction of sp³-hybridized carbons (Fsp3) is 0.286. The molecule has 1 aromatic heterocycles. The molecule has 3 rings (SSSR count). The topological polar surface area (TPSA) is 67.2 Å². The Morgan fingerprint density at radius 3 is 3.14 bits per heavy atom. The summed E-state index contributed by atoms with van der Waals surface area (Å²) in [5, 5.41) is 12.9. The summed E-state index contributed by atoms with van der Waals surface area (Å²) < 4.78 is 11.4. The van der Waals surface area contributed by atoms with Gasteiger partial charge in [-0.25, -0.2) is 4.98 Å². The number of nitrogens with one attached hydrogen (secondary N) is 1. The number of benzene rings is 1. The number of halogens is 1. The van der Waals surface area contributed by atoms with Gasteiger partial charge in [0.05, 0.1) is 19.8 Å². The lowest BCUT2D eigenvalue weighted by molar-refractivity contribution is 0.257. The molecule has 0 saturated heterocycles. The van der Waals surface area contributed by atoms with Gasteiger partial charge in [-0.3, -0.25) is 0 Å². The van der Waals surface area contributed by atoms with E-state index in [9.17, 15) is 0 Å². The summed E-state index contributed by atoms with van der Waals surface area (Å²) in [7, 11) is 1.62. The average molecular weight is 322 g/mol. The Morgan fingerprint density at radius 2 is 2.43 bits per heavy atom. The molecule has 0 spiro atoms. The van der Waals surface area contributed by atoms with Crippen LogP contribution in [0.3, 0.4) is 0 Å². The van der Waals surface area contributed by atoms with Gasteiger partial charge in [0, 0.05) is 12.0 Å². The zero-order valence-corrected chi connectivity index (χ0v) is 12.8. The molecule has 1 aliphatic heterocycles. The predicted molar refractivity (Wildman–Crippen MR) is 81.3 cm³/mol. The van der Waals surface area contributed by atoms with E-state index in [1.165, 1.54) is 11.3 Å². The molecule has 5 nitrogen and oxygen atoms in total. The van der Waals surface area contributed by atoms with Crippen LogP contribution in [0.4, 0.5) is 5.13 Å². The van der Waals surface area contributed by atoms with Crippen molar-refractivity contribution in [2.75, 3.05) is 19.0 Å². The molecule has 1 N–H and O–H groups in total. The third-order valence-electron chi connectivity index (χ3n) is 3.25. The third-order valence-corrected chi connectivity index (χ3v) is 4.43. The van der Waals surface area contributed by atoms with Crippen molar-refractivity contribution in [1.29, 1.82) is 5.26 Å². The first kappa shape index (κ1) is 14.0. The number of fused-ring (bicyclic) bond motifs is 1. The summed E-state index contributed by atoms with van der Waals surface area (Å²) in [5.74, 6) is 1.47. The van der Waals surface area contributed by atoms with Gasteiger partial charge in [0.2, 0.25) is 0 Å². The van der Waals surface area contributed by atoms with Crippen molar-refractivity contribution in [2.45, 2.75) is 12.5 Å². The molecule has 0 amide bonds. The van der Waals surface area contributed by atoms with E-state index < -0.39 is 0 Å². The maximum atomic E-state index is 8.91. The highest BCUT2D eigenvalue weighted by Gasteiger charge is 2.25. The Morgan fingerprint density at radius 1 is 1.57 bits per heavy atom. The molecule has 0 saturated carbocycles. The zero-order valence-electron chi connectivity index (χ0n) is 11.2. The second kappa shape index (κ2) is 5.80. The van der Waals surface area contributed by atoms with E-state index >= 15 is 0 Å². The number of methoxy groups -OCH3 is 1. The van der Waals surface area contributed by atoms with Gasteiger partial charge in [-0.2, -0.15) is 5.26 Å². The molecular weight excluding hydrogens is 310 g/mol. The van der Waals surface area contributed by atoms with Gasteiger partial charge in [-0.15, -0.1) is 0 Å². The Labute approximate surface area is 131 Å². The summed E-state index contributed by atoms with van der Waals surface area (Å²) in [5.41, 5.74) is 1.27. The van der Waals surface area contributed by atoms with E-state index in [1.807, 2.05) is 24.3 Å². The Balaban J connectivity index is 1.90. The van der Waals surface area contributed by atoms with Gasteiger partial charge in [0.1, 0.15) is 10.4 Å². The standard InChI is InChI=1S/C14H12ClN3O2S/c1-19-11-4-2-3-8-9(5-6-20-12(8)11)17-14-18-10(7-16)13(15)21-14/h2-4,9H,5-6H2,1H3,(H,17,18). The quantitative estimate of drug-likeness (QED) is 0.935. The minimum atomic E-state index is 0.0533. The lowest BCUT2D eigenvalue weighted by Crippen LogP contribution is -2.20. The summed E-state index contributed by atoms with van der Waals surface area (Å²) >= 11 is 7.23. The van der Waals surface area contributed by atoms with Gasteiger partial charge in [-0.05, 0) is 6.07 Å². The molecule has 0 aliphatic carbocycles. The fourth-order valence-electron chi connectivity index (χ4n) is 2.29.